The molecule has 0 unspecified atom stereocenters. The number of piperazine rings is 1. The van der Waals surface area contributed by atoms with E-state index in [4.69, 9.17) is 27.6 Å². The minimum Gasteiger partial charge on any atom is -0.457 e. The van der Waals surface area contributed by atoms with Crippen LogP contribution in [0.3, 0.4) is 0 Å². The van der Waals surface area contributed by atoms with Crippen molar-refractivity contribution in [1.29, 1.82) is 0 Å². The Balaban J connectivity index is 1.22. The molecule has 2 aromatic carbocycles. The fraction of sp³-hybridized carbons (Fsp3) is 0.167. The molecule has 11 heteroatoms. The van der Waals surface area contributed by atoms with Gasteiger partial charge in [-0.2, -0.15) is 4.99 Å². The molecule has 0 N–H and O–H groups in total. The van der Waals surface area contributed by atoms with Gasteiger partial charge in [0.15, 0.2) is 5.17 Å². The fourth-order valence-corrected chi connectivity index (χ4v) is 5.31. The number of carbonyl (C=O) groups is 1. The van der Waals surface area contributed by atoms with Crippen LogP contribution in [-0.4, -0.2) is 47.1 Å². The van der Waals surface area contributed by atoms with Gasteiger partial charge < -0.3 is 14.2 Å². The van der Waals surface area contributed by atoms with Crippen LogP contribution < -0.4 is 4.90 Å². The van der Waals surface area contributed by atoms with Gasteiger partial charge in [0.1, 0.15) is 11.5 Å². The van der Waals surface area contributed by atoms with Crippen molar-refractivity contribution in [3.8, 4) is 11.3 Å². The van der Waals surface area contributed by atoms with Gasteiger partial charge in [0, 0.05) is 60.7 Å². The lowest BCUT2D eigenvalue weighted by Gasteiger charge is -2.36. The predicted octanol–water partition coefficient (Wildman–Crippen LogP) is 5.95. The molecule has 0 radical (unpaired) electrons. The van der Waals surface area contributed by atoms with E-state index in [1.54, 1.807) is 48.5 Å². The number of aliphatic imine (C=N–C) groups is 1. The summed E-state index contributed by atoms with van der Waals surface area (Å²) in [7, 11) is 0. The molecule has 0 saturated carbocycles. The first-order chi connectivity index (χ1) is 16.9. The number of thioether (sulfide) groups is 1. The van der Waals surface area contributed by atoms with E-state index in [1.165, 1.54) is 23.9 Å². The summed E-state index contributed by atoms with van der Waals surface area (Å²) in [6.07, 6.45) is 1.68. The number of halogens is 2. The summed E-state index contributed by atoms with van der Waals surface area (Å²) < 4.78 is 5.88. The maximum Gasteiger partial charge on any atom is 0.286 e. The summed E-state index contributed by atoms with van der Waals surface area (Å²) >= 11 is 13.6. The number of hydrogen-bond donors (Lipinski definition) is 0. The Morgan fingerprint density at radius 1 is 1.00 bits per heavy atom. The lowest BCUT2D eigenvalue weighted by Crippen LogP contribution is -2.47. The first-order valence-corrected chi connectivity index (χ1v) is 12.3. The van der Waals surface area contributed by atoms with E-state index >= 15 is 0 Å². The number of amidine groups is 1. The molecule has 35 heavy (non-hydrogen) atoms. The molecule has 1 aromatic heterocycles. The van der Waals surface area contributed by atoms with Crippen molar-refractivity contribution in [1.82, 2.24) is 4.90 Å². The Morgan fingerprint density at radius 3 is 2.40 bits per heavy atom. The second-order valence-corrected chi connectivity index (χ2v) is 9.74. The highest BCUT2D eigenvalue weighted by molar-refractivity contribution is 8.18. The van der Waals surface area contributed by atoms with Crippen LogP contribution >= 0.6 is 35.0 Å². The highest BCUT2D eigenvalue weighted by Crippen LogP contribution is 2.35. The first-order valence-electron chi connectivity index (χ1n) is 10.7. The first kappa shape index (κ1) is 23.5. The van der Waals surface area contributed by atoms with E-state index in [1.807, 2.05) is 0 Å². The van der Waals surface area contributed by atoms with Gasteiger partial charge in [0.05, 0.1) is 14.9 Å². The third-order valence-electron chi connectivity index (χ3n) is 5.68. The van der Waals surface area contributed by atoms with E-state index in [9.17, 15) is 14.9 Å². The monoisotopic (exact) mass is 528 g/mol. The Kier molecular flexibility index (Phi) is 6.55. The van der Waals surface area contributed by atoms with Gasteiger partial charge in [-0.15, -0.1) is 0 Å². The van der Waals surface area contributed by atoms with Crippen molar-refractivity contribution >= 4 is 63.5 Å². The minimum absolute atomic E-state index is 0.0712. The van der Waals surface area contributed by atoms with E-state index < -0.39 is 4.92 Å². The molecule has 0 spiro atoms. The fourth-order valence-electron chi connectivity index (χ4n) is 3.87. The van der Waals surface area contributed by atoms with Crippen molar-refractivity contribution in [2.24, 2.45) is 4.99 Å². The zero-order valence-electron chi connectivity index (χ0n) is 18.2. The van der Waals surface area contributed by atoms with Crippen molar-refractivity contribution in [2.75, 3.05) is 31.1 Å². The summed E-state index contributed by atoms with van der Waals surface area (Å²) in [6.45, 7) is 2.80. The third-order valence-corrected chi connectivity index (χ3v) is 7.27. The number of hydrogen-bond acceptors (Lipinski definition) is 7. The number of benzene rings is 2. The van der Waals surface area contributed by atoms with Gasteiger partial charge in [-0.25, -0.2) is 0 Å². The summed E-state index contributed by atoms with van der Waals surface area (Å²) in [5.41, 5.74) is 1.72. The molecular weight excluding hydrogens is 511 g/mol. The zero-order valence-corrected chi connectivity index (χ0v) is 20.5. The van der Waals surface area contributed by atoms with E-state index in [-0.39, 0.29) is 11.6 Å². The topological polar surface area (TPSA) is 92.2 Å². The summed E-state index contributed by atoms with van der Waals surface area (Å²) in [6, 6.07) is 15.3. The number of nitro benzene ring substituents is 1. The average molecular weight is 529 g/mol. The highest BCUT2D eigenvalue weighted by Gasteiger charge is 2.29. The normalized spacial score (nSPS) is 17.3. The van der Waals surface area contributed by atoms with Gasteiger partial charge in [-0.1, -0.05) is 23.2 Å². The third kappa shape index (κ3) is 5.07. The number of nitrogens with zero attached hydrogens (tertiary/aromatic N) is 4. The standard InChI is InChI=1S/C24H18Cl2N4O4S/c25-15-1-7-19(20(26)13-15)21-8-6-18(34-21)14-22-23(31)27-24(35-22)29-11-9-28(10-12-29)16-2-4-17(5-3-16)30(32)33/h1-8,13-14H,9-12H2/b22-14-. The van der Waals surface area contributed by atoms with Crippen molar-refractivity contribution in [3.05, 3.63) is 85.4 Å². The second-order valence-electron chi connectivity index (χ2n) is 7.88. The molecular formula is C24H18Cl2N4O4S. The molecule has 0 aliphatic carbocycles. The molecule has 0 atom stereocenters. The van der Waals surface area contributed by atoms with Crippen LogP contribution in [0.5, 0.6) is 0 Å². The average Bonchev–Trinajstić information content (AvgIpc) is 3.46. The van der Waals surface area contributed by atoms with Crippen molar-refractivity contribution in [3.63, 3.8) is 0 Å². The largest absolute Gasteiger partial charge is 0.457 e. The van der Waals surface area contributed by atoms with Crippen LogP contribution in [0, 0.1) is 10.1 Å². The molecule has 3 aromatic rings. The Morgan fingerprint density at radius 2 is 1.71 bits per heavy atom. The molecule has 1 amide bonds. The Labute approximate surface area is 215 Å². The number of rotatable bonds is 4. The predicted molar refractivity (Wildman–Crippen MR) is 139 cm³/mol. The number of non-ortho nitro benzene ring substituents is 1. The second kappa shape index (κ2) is 9.77. The Bertz CT molecular complexity index is 1360. The lowest BCUT2D eigenvalue weighted by molar-refractivity contribution is -0.384. The minimum atomic E-state index is -0.407. The molecule has 3 heterocycles. The van der Waals surface area contributed by atoms with Gasteiger partial charge in [-0.05, 0) is 54.2 Å². The SMILES string of the molecule is O=C1N=C(N2CCN(c3ccc([N+](=O)[O-])cc3)CC2)S/C1=C\c1ccc(-c2ccc(Cl)cc2Cl)o1. The van der Waals surface area contributed by atoms with E-state index in [2.05, 4.69) is 14.8 Å². The van der Waals surface area contributed by atoms with Gasteiger partial charge in [-0.3, -0.25) is 14.9 Å². The van der Waals surface area contributed by atoms with Gasteiger partial charge >= 0.3 is 0 Å². The van der Waals surface area contributed by atoms with Crippen LogP contribution in [0.4, 0.5) is 11.4 Å². The number of carbonyl (C=O) groups excluding carboxylic acids is 1. The van der Waals surface area contributed by atoms with Crippen LogP contribution in [0.25, 0.3) is 17.4 Å². The number of amides is 1. The van der Waals surface area contributed by atoms with Gasteiger partial charge in [0.2, 0.25) is 0 Å². The molecule has 5 rings (SSSR count). The molecule has 178 valence electrons. The summed E-state index contributed by atoms with van der Waals surface area (Å²) in [5, 5.41) is 12.5. The molecule has 1 saturated heterocycles. The maximum absolute atomic E-state index is 12.5. The van der Waals surface area contributed by atoms with Gasteiger partial charge in [0.25, 0.3) is 11.6 Å². The van der Waals surface area contributed by atoms with Crippen LogP contribution in [-0.2, 0) is 4.79 Å². The zero-order chi connectivity index (χ0) is 24.5. The van der Waals surface area contributed by atoms with Crippen LogP contribution in [0.1, 0.15) is 5.76 Å². The smallest absolute Gasteiger partial charge is 0.286 e. The number of anilines is 1. The van der Waals surface area contributed by atoms with Crippen LogP contribution in [0.2, 0.25) is 10.0 Å². The summed E-state index contributed by atoms with van der Waals surface area (Å²) in [4.78, 5) is 31.9. The van der Waals surface area contributed by atoms with Crippen molar-refractivity contribution < 1.29 is 14.1 Å². The quantitative estimate of drug-likeness (QED) is 0.234. The number of furan rings is 1. The molecule has 0 bridgehead atoms. The maximum atomic E-state index is 12.5. The van der Waals surface area contributed by atoms with Crippen LogP contribution in [0.15, 0.2) is 68.9 Å². The van der Waals surface area contributed by atoms with Crippen molar-refractivity contribution in [2.45, 2.75) is 0 Å². The summed E-state index contributed by atoms with van der Waals surface area (Å²) in [5.74, 6) is 0.809. The molecule has 8 nitrogen and oxygen atoms in total. The molecule has 1 fully saturated rings. The molecule has 2 aliphatic rings. The number of nitro groups is 1. The van der Waals surface area contributed by atoms with E-state index in [0.717, 1.165) is 5.69 Å². The Hall–Kier alpha value is -3.27. The molecule has 2 aliphatic heterocycles. The highest BCUT2D eigenvalue weighted by atomic mass is 35.5. The van der Waals surface area contributed by atoms with E-state index in [0.29, 0.717) is 63.4 Å². The lowest BCUT2D eigenvalue weighted by atomic mass is 10.2.